The van der Waals surface area contributed by atoms with Crippen LogP contribution in [0.5, 0.6) is 0 Å². The van der Waals surface area contributed by atoms with Crippen LogP contribution in [0.25, 0.3) is 0 Å². The molecule has 0 heterocycles. The number of hydrogen-bond acceptors (Lipinski definition) is 2. The molecule has 1 atom stereocenters. The first kappa shape index (κ1) is 13.9. The first-order chi connectivity index (χ1) is 6.31. The van der Waals surface area contributed by atoms with Crippen molar-refractivity contribution < 1.29 is 4.74 Å². The Morgan fingerprint density at radius 3 is 2.14 bits per heavy atom. The topological polar surface area (TPSA) is 35.2 Å². The van der Waals surface area contributed by atoms with Crippen LogP contribution in [0.1, 0.15) is 53.9 Å². The second kappa shape index (κ2) is 6.41. The molecule has 86 valence electrons. The van der Waals surface area contributed by atoms with Crippen molar-refractivity contribution in [3.05, 3.63) is 0 Å². The van der Waals surface area contributed by atoms with Gasteiger partial charge < -0.3 is 10.5 Å². The van der Waals surface area contributed by atoms with Gasteiger partial charge in [-0.05, 0) is 33.1 Å². The molecule has 2 heteroatoms. The van der Waals surface area contributed by atoms with Crippen molar-refractivity contribution in [3.63, 3.8) is 0 Å². The van der Waals surface area contributed by atoms with Gasteiger partial charge in [0.15, 0.2) is 0 Å². The molecule has 0 saturated heterocycles. The molecule has 0 amide bonds. The van der Waals surface area contributed by atoms with E-state index in [0.717, 1.165) is 12.3 Å². The molecule has 0 aromatic carbocycles. The summed E-state index contributed by atoms with van der Waals surface area (Å²) in [4.78, 5) is 0. The standard InChI is InChI=1S/C12H27NO/c1-10(2)7-6-8-11(13)9-14-12(3,4)5/h10-11H,6-9,13H2,1-5H3. The van der Waals surface area contributed by atoms with Gasteiger partial charge >= 0.3 is 0 Å². The zero-order valence-corrected chi connectivity index (χ0v) is 10.5. The maximum Gasteiger partial charge on any atom is 0.0624 e. The molecule has 0 aliphatic rings. The van der Waals surface area contributed by atoms with Gasteiger partial charge in [0.1, 0.15) is 0 Å². The maximum atomic E-state index is 5.94. The average molecular weight is 201 g/mol. The smallest absolute Gasteiger partial charge is 0.0624 e. The van der Waals surface area contributed by atoms with Crippen LogP contribution >= 0.6 is 0 Å². The Balaban J connectivity index is 3.42. The van der Waals surface area contributed by atoms with Gasteiger partial charge in [-0.15, -0.1) is 0 Å². The van der Waals surface area contributed by atoms with Crippen LogP contribution in [0.2, 0.25) is 0 Å². The van der Waals surface area contributed by atoms with Gasteiger partial charge in [-0.1, -0.05) is 26.7 Å². The summed E-state index contributed by atoms with van der Waals surface area (Å²) in [6.45, 7) is 11.4. The number of hydrogen-bond donors (Lipinski definition) is 1. The van der Waals surface area contributed by atoms with E-state index in [2.05, 4.69) is 34.6 Å². The summed E-state index contributed by atoms with van der Waals surface area (Å²) in [7, 11) is 0. The molecular weight excluding hydrogens is 174 g/mol. The minimum absolute atomic E-state index is 0.0599. The lowest BCUT2D eigenvalue weighted by Crippen LogP contribution is -2.31. The first-order valence-corrected chi connectivity index (χ1v) is 5.71. The summed E-state index contributed by atoms with van der Waals surface area (Å²) < 4.78 is 5.62. The monoisotopic (exact) mass is 201 g/mol. The van der Waals surface area contributed by atoms with Crippen molar-refractivity contribution >= 4 is 0 Å². The fourth-order valence-corrected chi connectivity index (χ4v) is 1.23. The van der Waals surface area contributed by atoms with Crippen LogP contribution in [0.3, 0.4) is 0 Å². The summed E-state index contributed by atoms with van der Waals surface area (Å²) in [5.74, 6) is 0.783. The molecule has 0 rings (SSSR count). The van der Waals surface area contributed by atoms with E-state index in [1.54, 1.807) is 0 Å². The molecule has 1 unspecified atom stereocenters. The molecule has 2 nitrogen and oxygen atoms in total. The van der Waals surface area contributed by atoms with Gasteiger partial charge in [0.25, 0.3) is 0 Å². The zero-order valence-electron chi connectivity index (χ0n) is 10.5. The highest BCUT2D eigenvalue weighted by Crippen LogP contribution is 2.10. The van der Waals surface area contributed by atoms with Crippen molar-refractivity contribution in [2.24, 2.45) is 11.7 Å². The third-order valence-corrected chi connectivity index (χ3v) is 2.09. The van der Waals surface area contributed by atoms with E-state index in [-0.39, 0.29) is 11.6 Å². The van der Waals surface area contributed by atoms with Crippen LogP contribution in [-0.4, -0.2) is 18.2 Å². The Bertz CT molecular complexity index is 138. The summed E-state index contributed by atoms with van der Waals surface area (Å²) in [6.07, 6.45) is 3.56. The molecule has 0 bridgehead atoms. The van der Waals surface area contributed by atoms with E-state index >= 15 is 0 Å². The highest BCUT2D eigenvalue weighted by Gasteiger charge is 2.12. The van der Waals surface area contributed by atoms with Crippen molar-refractivity contribution in [3.8, 4) is 0 Å². The van der Waals surface area contributed by atoms with E-state index in [4.69, 9.17) is 10.5 Å². The molecule has 0 aromatic heterocycles. The van der Waals surface area contributed by atoms with Crippen LogP contribution in [0.15, 0.2) is 0 Å². The van der Waals surface area contributed by atoms with Gasteiger partial charge in [-0.2, -0.15) is 0 Å². The average Bonchev–Trinajstić information content (AvgIpc) is 1.99. The highest BCUT2D eigenvalue weighted by molar-refractivity contribution is 4.65. The summed E-state index contributed by atoms with van der Waals surface area (Å²) >= 11 is 0. The van der Waals surface area contributed by atoms with E-state index in [1.807, 2.05) is 0 Å². The van der Waals surface area contributed by atoms with Crippen molar-refractivity contribution in [2.75, 3.05) is 6.61 Å². The Kier molecular flexibility index (Phi) is 6.38. The summed E-state index contributed by atoms with van der Waals surface area (Å²) in [5.41, 5.74) is 5.88. The molecule has 0 radical (unpaired) electrons. The third-order valence-electron chi connectivity index (χ3n) is 2.09. The second-order valence-corrected chi connectivity index (χ2v) is 5.51. The molecule has 2 N–H and O–H groups in total. The van der Waals surface area contributed by atoms with Crippen molar-refractivity contribution in [1.82, 2.24) is 0 Å². The summed E-state index contributed by atoms with van der Waals surface area (Å²) in [5, 5.41) is 0. The molecule has 0 fully saturated rings. The molecule has 0 spiro atoms. The molecule has 14 heavy (non-hydrogen) atoms. The van der Waals surface area contributed by atoms with Gasteiger partial charge in [0, 0.05) is 6.04 Å². The Morgan fingerprint density at radius 1 is 1.14 bits per heavy atom. The lowest BCUT2D eigenvalue weighted by molar-refractivity contribution is -0.0110. The fourth-order valence-electron chi connectivity index (χ4n) is 1.23. The van der Waals surface area contributed by atoms with E-state index in [1.165, 1.54) is 12.8 Å². The summed E-state index contributed by atoms with van der Waals surface area (Å²) in [6, 6.07) is 0.202. The SMILES string of the molecule is CC(C)CCCC(N)COC(C)(C)C. The van der Waals surface area contributed by atoms with Gasteiger partial charge in [0.05, 0.1) is 12.2 Å². The molecule has 0 saturated carbocycles. The number of ether oxygens (including phenoxy) is 1. The normalized spacial score (nSPS) is 14.8. The second-order valence-electron chi connectivity index (χ2n) is 5.51. The van der Waals surface area contributed by atoms with Gasteiger partial charge in [-0.25, -0.2) is 0 Å². The predicted octanol–water partition coefficient (Wildman–Crippen LogP) is 2.96. The first-order valence-electron chi connectivity index (χ1n) is 5.71. The minimum Gasteiger partial charge on any atom is -0.374 e. The van der Waals surface area contributed by atoms with E-state index in [9.17, 15) is 0 Å². The minimum atomic E-state index is -0.0599. The van der Waals surface area contributed by atoms with E-state index in [0.29, 0.717) is 6.61 Å². The quantitative estimate of drug-likeness (QED) is 0.717. The lowest BCUT2D eigenvalue weighted by Gasteiger charge is -2.22. The Labute approximate surface area is 89.2 Å². The number of rotatable bonds is 6. The Morgan fingerprint density at radius 2 is 1.71 bits per heavy atom. The largest absolute Gasteiger partial charge is 0.374 e. The molecule has 0 aliphatic carbocycles. The van der Waals surface area contributed by atoms with Crippen molar-refractivity contribution in [2.45, 2.75) is 65.5 Å². The van der Waals surface area contributed by atoms with Crippen LogP contribution in [-0.2, 0) is 4.74 Å². The number of nitrogens with two attached hydrogens (primary N) is 1. The lowest BCUT2D eigenvalue weighted by atomic mass is 10.0. The Hall–Kier alpha value is -0.0800. The van der Waals surface area contributed by atoms with Crippen LogP contribution in [0, 0.1) is 5.92 Å². The highest BCUT2D eigenvalue weighted by atomic mass is 16.5. The fraction of sp³-hybridized carbons (Fsp3) is 1.00. The predicted molar refractivity (Wildman–Crippen MR) is 62.4 cm³/mol. The van der Waals surface area contributed by atoms with Gasteiger partial charge in [0.2, 0.25) is 0 Å². The molecule has 0 aromatic rings. The van der Waals surface area contributed by atoms with E-state index < -0.39 is 0 Å². The van der Waals surface area contributed by atoms with Crippen molar-refractivity contribution in [1.29, 1.82) is 0 Å². The van der Waals surface area contributed by atoms with Crippen LogP contribution in [0.4, 0.5) is 0 Å². The molecular formula is C12H27NO. The van der Waals surface area contributed by atoms with Crippen LogP contribution < -0.4 is 5.73 Å². The zero-order chi connectivity index (χ0) is 11.2. The van der Waals surface area contributed by atoms with Gasteiger partial charge in [-0.3, -0.25) is 0 Å². The molecule has 0 aliphatic heterocycles. The maximum absolute atomic E-state index is 5.94. The third kappa shape index (κ3) is 10.0.